The second kappa shape index (κ2) is 7.16. The van der Waals surface area contributed by atoms with Gasteiger partial charge < -0.3 is 14.5 Å². The Morgan fingerprint density at radius 3 is 2.40 bits per heavy atom. The number of ether oxygens (including phenoxy) is 1. The van der Waals surface area contributed by atoms with Crippen LogP contribution in [0.5, 0.6) is 0 Å². The molecule has 1 aromatic rings. The van der Waals surface area contributed by atoms with Crippen molar-refractivity contribution in [2.24, 2.45) is 5.92 Å². The van der Waals surface area contributed by atoms with E-state index >= 15 is 0 Å². The van der Waals surface area contributed by atoms with Gasteiger partial charge in [0.2, 0.25) is 11.8 Å². The second-order valence-corrected chi connectivity index (χ2v) is 7.35. The highest BCUT2D eigenvalue weighted by Gasteiger charge is 2.44. The van der Waals surface area contributed by atoms with E-state index in [1.807, 2.05) is 28.0 Å². The number of morpholine rings is 1. The lowest BCUT2D eigenvalue weighted by atomic mass is 9.92. The van der Waals surface area contributed by atoms with Crippen LogP contribution in [-0.2, 0) is 14.3 Å². The highest BCUT2D eigenvalue weighted by Crippen LogP contribution is 2.44. The van der Waals surface area contributed by atoms with Gasteiger partial charge in [0.15, 0.2) is 0 Å². The molecule has 0 N–H and O–H groups in total. The third-order valence-electron chi connectivity index (χ3n) is 5.66. The van der Waals surface area contributed by atoms with Gasteiger partial charge in [-0.05, 0) is 37.2 Å². The minimum atomic E-state index is -0.282. The van der Waals surface area contributed by atoms with E-state index in [1.165, 1.54) is 0 Å². The normalized spacial score (nSPS) is 25.0. The van der Waals surface area contributed by atoms with Crippen molar-refractivity contribution in [1.82, 2.24) is 9.80 Å². The first kappa shape index (κ1) is 16.6. The lowest BCUT2D eigenvalue weighted by Crippen LogP contribution is -2.52. The Morgan fingerprint density at radius 2 is 1.72 bits per heavy atom. The average molecular weight is 342 g/mol. The van der Waals surface area contributed by atoms with Crippen LogP contribution >= 0.6 is 0 Å². The number of benzene rings is 1. The predicted octanol–water partition coefficient (Wildman–Crippen LogP) is 2.03. The summed E-state index contributed by atoms with van der Waals surface area (Å²) in [5.74, 6) is 0.614. The summed E-state index contributed by atoms with van der Waals surface area (Å²) in [7, 11) is 0. The van der Waals surface area contributed by atoms with Gasteiger partial charge in [0.25, 0.3) is 0 Å². The number of amides is 2. The van der Waals surface area contributed by atoms with E-state index in [1.54, 1.807) is 0 Å². The van der Waals surface area contributed by atoms with Crippen molar-refractivity contribution in [3.8, 4) is 0 Å². The third kappa shape index (κ3) is 3.43. The highest BCUT2D eigenvalue weighted by molar-refractivity contribution is 5.91. The molecule has 5 nitrogen and oxygen atoms in total. The van der Waals surface area contributed by atoms with E-state index in [-0.39, 0.29) is 23.8 Å². The van der Waals surface area contributed by atoms with Crippen molar-refractivity contribution >= 4 is 11.8 Å². The van der Waals surface area contributed by atoms with Gasteiger partial charge in [-0.15, -0.1) is 0 Å². The first-order chi connectivity index (χ1) is 12.3. The van der Waals surface area contributed by atoms with Gasteiger partial charge in [-0.2, -0.15) is 0 Å². The molecule has 4 rings (SSSR count). The van der Waals surface area contributed by atoms with Crippen molar-refractivity contribution in [3.05, 3.63) is 35.9 Å². The van der Waals surface area contributed by atoms with Gasteiger partial charge in [-0.1, -0.05) is 30.3 Å². The number of likely N-dealkylation sites (tertiary alicyclic amines) is 1. The Bertz CT molecular complexity index is 623. The molecule has 1 aliphatic carbocycles. The van der Waals surface area contributed by atoms with E-state index in [9.17, 15) is 9.59 Å². The van der Waals surface area contributed by atoms with Crippen molar-refractivity contribution < 1.29 is 14.3 Å². The van der Waals surface area contributed by atoms with Gasteiger partial charge in [-0.3, -0.25) is 9.59 Å². The van der Waals surface area contributed by atoms with Crippen LogP contribution in [0.4, 0.5) is 0 Å². The summed E-state index contributed by atoms with van der Waals surface area (Å²) in [6.07, 6.45) is 3.93. The summed E-state index contributed by atoms with van der Waals surface area (Å²) in [4.78, 5) is 30.0. The molecule has 2 amide bonds. The first-order valence-electron chi connectivity index (χ1n) is 9.47. The number of hydrogen-bond acceptors (Lipinski definition) is 3. The molecule has 2 atom stereocenters. The summed E-state index contributed by atoms with van der Waals surface area (Å²) in [6, 6.07) is 9.80. The molecule has 3 aliphatic rings. The Balaban J connectivity index is 1.52. The number of nitrogens with zero attached hydrogens (tertiary/aromatic N) is 2. The van der Waals surface area contributed by atoms with Gasteiger partial charge in [0, 0.05) is 19.6 Å². The predicted molar refractivity (Wildman–Crippen MR) is 94.0 cm³/mol. The maximum atomic E-state index is 13.4. The Morgan fingerprint density at radius 1 is 1.00 bits per heavy atom. The monoisotopic (exact) mass is 342 g/mol. The molecule has 1 saturated carbocycles. The molecule has 25 heavy (non-hydrogen) atoms. The molecule has 0 aromatic heterocycles. The zero-order chi connectivity index (χ0) is 17.2. The van der Waals surface area contributed by atoms with E-state index in [0.717, 1.165) is 31.2 Å². The first-order valence-corrected chi connectivity index (χ1v) is 9.47. The zero-order valence-electron chi connectivity index (χ0n) is 14.6. The molecular formula is C20H26N2O3. The quantitative estimate of drug-likeness (QED) is 0.841. The van der Waals surface area contributed by atoms with Crippen LogP contribution in [-0.4, -0.2) is 60.5 Å². The molecule has 0 bridgehead atoms. The number of carbonyl (C=O) groups excluding carboxylic acids is 2. The summed E-state index contributed by atoms with van der Waals surface area (Å²) >= 11 is 0. The Labute approximate surface area is 148 Å². The van der Waals surface area contributed by atoms with Crippen LogP contribution in [0.25, 0.3) is 0 Å². The second-order valence-electron chi connectivity index (χ2n) is 7.35. The smallest absolute Gasteiger partial charge is 0.245 e. The highest BCUT2D eigenvalue weighted by atomic mass is 16.5. The zero-order valence-corrected chi connectivity index (χ0v) is 14.6. The summed E-state index contributed by atoms with van der Waals surface area (Å²) < 4.78 is 5.35. The van der Waals surface area contributed by atoms with Crippen molar-refractivity contribution in [1.29, 1.82) is 0 Å². The number of rotatable bonds is 4. The van der Waals surface area contributed by atoms with Crippen LogP contribution in [0.3, 0.4) is 0 Å². The molecule has 0 radical (unpaired) electrons. The Hall–Kier alpha value is -1.88. The van der Waals surface area contributed by atoms with Crippen molar-refractivity contribution in [2.75, 3.05) is 32.8 Å². The van der Waals surface area contributed by atoms with E-state index in [0.29, 0.717) is 38.8 Å². The summed E-state index contributed by atoms with van der Waals surface area (Å²) in [5.41, 5.74) is 1.10. The molecule has 134 valence electrons. The lowest BCUT2D eigenvalue weighted by molar-refractivity contribution is -0.147. The van der Waals surface area contributed by atoms with Gasteiger partial charge in [0.05, 0.1) is 19.1 Å². The molecular weight excluding hydrogens is 316 g/mol. The lowest BCUT2D eigenvalue weighted by Gasteiger charge is -2.34. The fourth-order valence-corrected chi connectivity index (χ4v) is 4.17. The minimum absolute atomic E-state index is 0.0840. The van der Waals surface area contributed by atoms with Gasteiger partial charge in [0.1, 0.15) is 6.04 Å². The maximum Gasteiger partial charge on any atom is 0.245 e. The fourth-order valence-electron chi connectivity index (χ4n) is 4.17. The largest absolute Gasteiger partial charge is 0.378 e. The standard InChI is InChI=1S/C20H26N2O3/c23-19(21-11-13-25-14-12-21)17-7-4-10-22(17)20(24)18(16-8-9-16)15-5-2-1-3-6-15/h1-3,5-6,16-18H,4,7-14H2. The molecule has 2 aliphatic heterocycles. The SMILES string of the molecule is O=C(C1CCCN1C(=O)C(c1ccccc1)C1CC1)N1CCOCC1. The minimum Gasteiger partial charge on any atom is -0.378 e. The maximum absolute atomic E-state index is 13.4. The summed E-state index contributed by atoms with van der Waals surface area (Å²) in [5, 5.41) is 0. The van der Waals surface area contributed by atoms with Crippen LogP contribution in [0.2, 0.25) is 0 Å². The third-order valence-corrected chi connectivity index (χ3v) is 5.66. The van der Waals surface area contributed by atoms with Crippen LogP contribution in [0.1, 0.15) is 37.2 Å². The molecule has 5 heteroatoms. The van der Waals surface area contributed by atoms with Crippen LogP contribution < -0.4 is 0 Å². The van der Waals surface area contributed by atoms with Crippen LogP contribution in [0.15, 0.2) is 30.3 Å². The average Bonchev–Trinajstić information content (AvgIpc) is 3.37. The molecule has 1 aromatic carbocycles. The number of hydrogen-bond donors (Lipinski definition) is 0. The Kier molecular flexibility index (Phi) is 4.75. The van der Waals surface area contributed by atoms with Crippen molar-refractivity contribution in [2.45, 2.75) is 37.6 Å². The molecule has 2 saturated heterocycles. The van der Waals surface area contributed by atoms with E-state index < -0.39 is 0 Å². The molecule has 3 fully saturated rings. The van der Waals surface area contributed by atoms with Crippen molar-refractivity contribution in [3.63, 3.8) is 0 Å². The van der Waals surface area contributed by atoms with Gasteiger partial charge in [-0.25, -0.2) is 0 Å². The van der Waals surface area contributed by atoms with Gasteiger partial charge >= 0.3 is 0 Å². The molecule has 2 unspecified atom stereocenters. The van der Waals surface area contributed by atoms with E-state index in [2.05, 4.69) is 12.1 Å². The number of carbonyl (C=O) groups is 2. The van der Waals surface area contributed by atoms with Crippen LogP contribution in [0, 0.1) is 5.92 Å². The summed E-state index contributed by atoms with van der Waals surface area (Å²) in [6.45, 7) is 3.18. The topological polar surface area (TPSA) is 49.9 Å². The molecule has 2 heterocycles. The van der Waals surface area contributed by atoms with E-state index in [4.69, 9.17) is 4.74 Å². The molecule has 0 spiro atoms. The fraction of sp³-hybridized carbons (Fsp3) is 0.600.